The number of ether oxygens (including phenoxy) is 5. The molecule has 3 saturated heterocycles. The third-order valence-corrected chi connectivity index (χ3v) is 11.1. The lowest BCUT2D eigenvalue weighted by molar-refractivity contribution is -0.298. The number of fused-ring (bicyclic) bond motifs is 1. The number of rotatable bonds is 8. The predicted octanol–water partition coefficient (Wildman–Crippen LogP) is 4.12. The second kappa shape index (κ2) is 16.4. The van der Waals surface area contributed by atoms with Crippen molar-refractivity contribution in [2.45, 2.75) is 155 Å². The smallest absolute Gasteiger partial charge is 0.316 e. The number of carbonyl (C=O) groups excluding carboxylic acids is 3. The Bertz CT molecular complexity index is 1070. The van der Waals surface area contributed by atoms with Crippen molar-refractivity contribution in [1.82, 2.24) is 10.2 Å². The standard InChI is InChI=1S/C36H64N2O9/c1-13-28-36(9)26(17-29(39)47-36)24(7)37-19-21(4)18-35(8,43-12)32(22(5)30(40)23(6)33(42)45-28)46-34-31(41)27(38(10)11)16-25(44-34)15-14-20(2)3/h20-28,31-32,34,37,41H,13-19H2,1-12H3/t21-,22+,23?,24-,25-,26-,27?,28-,31-,32-,34+,35-,36+/m1/s1. The number of esters is 2. The molecule has 47 heavy (non-hydrogen) atoms. The summed E-state index contributed by atoms with van der Waals surface area (Å²) >= 11 is 0. The van der Waals surface area contributed by atoms with Gasteiger partial charge in [0.25, 0.3) is 0 Å². The van der Waals surface area contributed by atoms with E-state index in [1.54, 1.807) is 21.0 Å². The van der Waals surface area contributed by atoms with Crippen LogP contribution < -0.4 is 5.32 Å². The molecule has 2 N–H and O–H groups in total. The molecule has 0 aromatic carbocycles. The van der Waals surface area contributed by atoms with Gasteiger partial charge in [0, 0.05) is 31.0 Å². The van der Waals surface area contributed by atoms with Crippen molar-refractivity contribution in [1.29, 1.82) is 0 Å². The summed E-state index contributed by atoms with van der Waals surface area (Å²) in [4.78, 5) is 42.4. The van der Waals surface area contributed by atoms with Gasteiger partial charge < -0.3 is 39.0 Å². The van der Waals surface area contributed by atoms with Crippen LogP contribution in [0.4, 0.5) is 0 Å². The molecule has 3 rings (SSSR count). The largest absolute Gasteiger partial charge is 0.458 e. The Morgan fingerprint density at radius 3 is 2.34 bits per heavy atom. The lowest BCUT2D eigenvalue weighted by Gasteiger charge is -2.47. The molecule has 11 nitrogen and oxygen atoms in total. The van der Waals surface area contributed by atoms with Gasteiger partial charge in [-0.05, 0) is 92.3 Å². The van der Waals surface area contributed by atoms with Crippen LogP contribution in [0.5, 0.6) is 0 Å². The lowest BCUT2D eigenvalue weighted by atomic mass is 9.78. The number of likely N-dealkylation sites (N-methyl/N-ethyl adjacent to an activating group) is 1. The van der Waals surface area contributed by atoms with Gasteiger partial charge in [-0.15, -0.1) is 0 Å². The Kier molecular flexibility index (Phi) is 13.9. The van der Waals surface area contributed by atoms with Crippen LogP contribution in [0.1, 0.15) is 101 Å². The van der Waals surface area contributed by atoms with Crippen LogP contribution in [0, 0.1) is 29.6 Å². The number of hydrogen-bond donors (Lipinski definition) is 2. The molecule has 0 radical (unpaired) electrons. The second-order valence-corrected chi connectivity index (χ2v) is 15.6. The first kappa shape index (κ1) is 39.8. The van der Waals surface area contributed by atoms with Crippen molar-refractivity contribution in [3.05, 3.63) is 0 Å². The zero-order valence-electron chi connectivity index (χ0n) is 31.0. The van der Waals surface area contributed by atoms with Crippen molar-refractivity contribution < 1.29 is 43.2 Å². The quantitative estimate of drug-likeness (QED) is 0.286. The minimum absolute atomic E-state index is 0.0630. The predicted molar refractivity (Wildman–Crippen MR) is 178 cm³/mol. The molecule has 0 aliphatic carbocycles. The highest BCUT2D eigenvalue weighted by Crippen LogP contribution is 2.42. The van der Waals surface area contributed by atoms with Crippen LogP contribution in [0.3, 0.4) is 0 Å². The molecule has 0 spiro atoms. The molecule has 2 unspecified atom stereocenters. The molecule has 0 bridgehead atoms. The number of carbonyl (C=O) groups is 3. The number of nitrogens with zero attached hydrogens (tertiary/aromatic N) is 1. The number of methoxy groups -OCH3 is 1. The zero-order valence-corrected chi connectivity index (χ0v) is 31.0. The molecular formula is C36H64N2O9. The number of aliphatic hydroxyl groups is 1. The fourth-order valence-corrected chi connectivity index (χ4v) is 8.02. The summed E-state index contributed by atoms with van der Waals surface area (Å²) < 4.78 is 31.3. The highest BCUT2D eigenvalue weighted by molar-refractivity contribution is 6.00. The van der Waals surface area contributed by atoms with Gasteiger partial charge in [0.2, 0.25) is 0 Å². The lowest BCUT2D eigenvalue weighted by Crippen LogP contribution is -2.59. The number of nitrogens with one attached hydrogen (secondary N) is 1. The summed E-state index contributed by atoms with van der Waals surface area (Å²) in [6, 6.07) is -0.325. The molecule has 3 aliphatic rings. The Balaban J connectivity index is 2.02. The minimum atomic E-state index is -1.12. The van der Waals surface area contributed by atoms with E-state index in [9.17, 15) is 19.5 Å². The van der Waals surface area contributed by atoms with Gasteiger partial charge in [0.1, 0.15) is 18.1 Å². The molecule has 3 aliphatic heterocycles. The first-order valence-electron chi connectivity index (χ1n) is 17.8. The number of aliphatic hydroxyl groups excluding tert-OH is 1. The Labute approximate surface area is 283 Å². The van der Waals surface area contributed by atoms with Gasteiger partial charge in [-0.25, -0.2) is 0 Å². The summed E-state index contributed by atoms with van der Waals surface area (Å²) in [5, 5.41) is 15.2. The van der Waals surface area contributed by atoms with E-state index < -0.39 is 53.6 Å². The van der Waals surface area contributed by atoms with E-state index in [4.69, 9.17) is 23.7 Å². The fourth-order valence-electron chi connectivity index (χ4n) is 8.02. The molecular weight excluding hydrogens is 604 g/mol. The first-order chi connectivity index (χ1) is 21.9. The molecule has 3 heterocycles. The van der Waals surface area contributed by atoms with Gasteiger partial charge in [-0.3, -0.25) is 14.4 Å². The molecule has 272 valence electrons. The molecule has 0 aromatic rings. The summed E-state index contributed by atoms with van der Waals surface area (Å²) in [5.41, 5.74) is -2.03. The molecule has 0 aromatic heterocycles. The number of Topliss-reactive ketones (excluding diaryl/α,β-unsaturated/α-hetero) is 1. The summed E-state index contributed by atoms with van der Waals surface area (Å²) in [6.07, 6.45) is -0.0663. The molecule has 13 atom stereocenters. The van der Waals surface area contributed by atoms with E-state index in [0.29, 0.717) is 31.7 Å². The van der Waals surface area contributed by atoms with Crippen LogP contribution in [-0.4, -0.2) is 109 Å². The molecule has 0 amide bonds. The third kappa shape index (κ3) is 9.14. The maximum atomic E-state index is 14.2. The summed E-state index contributed by atoms with van der Waals surface area (Å²) in [5.74, 6) is -2.96. The molecule has 11 heteroatoms. The van der Waals surface area contributed by atoms with Crippen LogP contribution in [0.2, 0.25) is 0 Å². The SMILES string of the molecule is CC[C@H]1OC(=O)C(C)C(=O)[C@H](C)[C@@H](O[C@@H]2O[C@H](CCC(C)C)CC(N(C)C)[C@H]2O)[C@](C)(OC)C[C@@H](C)CN[C@H](C)[C@H]2CC(=O)O[C@@]21C. The first-order valence-corrected chi connectivity index (χ1v) is 17.8. The zero-order chi connectivity index (χ0) is 35.4. The van der Waals surface area contributed by atoms with Gasteiger partial charge in [0.05, 0.1) is 24.2 Å². The maximum Gasteiger partial charge on any atom is 0.316 e. The highest BCUT2D eigenvalue weighted by Gasteiger charge is 2.55. The van der Waals surface area contributed by atoms with Crippen molar-refractivity contribution in [3.63, 3.8) is 0 Å². The maximum absolute atomic E-state index is 14.2. The third-order valence-electron chi connectivity index (χ3n) is 11.1. The van der Waals surface area contributed by atoms with Gasteiger partial charge in [-0.2, -0.15) is 0 Å². The number of cyclic esters (lactones) is 1. The van der Waals surface area contributed by atoms with Crippen molar-refractivity contribution >= 4 is 17.7 Å². The van der Waals surface area contributed by atoms with E-state index in [1.165, 1.54) is 0 Å². The molecule has 0 saturated carbocycles. The number of hydrogen-bond acceptors (Lipinski definition) is 11. The Morgan fingerprint density at radius 2 is 1.77 bits per heavy atom. The Hall–Kier alpha value is -1.63. The van der Waals surface area contributed by atoms with E-state index in [-0.39, 0.29) is 48.2 Å². The monoisotopic (exact) mass is 668 g/mol. The molecule has 3 fully saturated rings. The van der Waals surface area contributed by atoms with Crippen LogP contribution >= 0.6 is 0 Å². The minimum Gasteiger partial charge on any atom is -0.458 e. The van der Waals surface area contributed by atoms with Gasteiger partial charge in [-0.1, -0.05) is 34.6 Å². The van der Waals surface area contributed by atoms with E-state index in [0.717, 1.165) is 12.8 Å². The average Bonchev–Trinajstić information content (AvgIpc) is 3.33. The average molecular weight is 669 g/mol. The van der Waals surface area contributed by atoms with Crippen molar-refractivity contribution in [3.8, 4) is 0 Å². The second-order valence-electron chi connectivity index (χ2n) is 15.6. The summed E-state index contributed by atoms with van der Waals surface area (Å²) in [7, 11) is 5.48. The topological polar surface area (TPSA) is 133 Å². The van der Waals surface area contributed by atoms with Crippen LogP contribution in [0.15, 0.2) is 0 Å². The van der Waals surface area contributed by atoms with Crippen LogP contribution in [0.25, 0.3) is 0 Å². The fraction of sp³-hybridized carbons (Fsp3) is 0.917. The van der Waals surface area contributed by atoms with E-state index in [1.807, 2.05) is 46.7 Å². The van der Waals surface area contributed by atoms with Gasteiger partial charge >= 0.3 is 11.9 Å². The van der Waals surface area contributed by atoms with E-state index in [2.05, 4.69) is 26.1 Å². The van der Waals surface area contributed by atoms with Crippen LogP contribution in [-0.2, 0) is 38.1 Å². The summed E-state index contributed by atoms with van der Waals surface area (Å²) in [6.45, 7) is 18.0. The Morgan fingerprint density at radius 1 is 1.11 bits per heavy atom. The van der Waals surface area contributed by atoms with Crippen molar-refractivity contribution in [2.75, 3.05) is 27.7 Å². The number of ketones is 1. The van der Waals surface area contributed by atoms with Gasteiger partial charge in [0.15, 0.2) is 17.7 Å². The van der Waals surface area contributed by atoms with Crippen molar-refractivity contribution in [2.24, 2.45) is 29.6 Å². The normalized spacial score (nSPS) is 42.9. The highest BCUT2D eigenvalue weighted by atomic mass is 16.7. The van der Waals surface area contributed by atoms with E-state index >= 15 is 0 Å².